The molecule has 0 aliphatic rings. The number of carbonyl (C=O) groups excluding carboxylic acids is 1. The number of rotatable bonds is 5. The number of anilines is 3. The summed E-state index contributed by atoms with van der Waals surface area (Å²) in [5.41, 5.74) is 3.89. The van der Waals surface area contributed by atoms with Crippen LogP contribution in [0.15, 0.2) is 54.7 Å². The highest BCUT2D eigenvalue weighted by Crippen LogP contribution is 2.23. The first kappa shape index (κ1) is 17.5. The molecule has 0 aliphatic heterocycles. The highest BCUT2D eigenvalue weighted by atomic mass is 19.1. The van der Waals surface area contributed by atoms with Crippen LogP contribution in [-0.4, -0.2) is 15.9 Å². The van der Waals surface area contributed by atoms with Crippen molar-refractivity contribution in [1.82, 2.24) is 9.97 Å². The van der Waals surface area contributed by atoms with E-state index in [2.05, 4.69) is 27.5 Å². The van der Waals surface area contributed by atoms with E-state index in [4.69, 9.17) is 0 Å². The molecule has 1 amide bonds. The van der Waals surface area contributed by atoms with Crippen LogP contribution in [0, 0.1) is 12.7 Å². The maximum atomic E-state index is 13.0. The van der Waals surface area contributed by atoms with Gasteiger partial charge in [-0.2, -0.15) is 0 Å². The van der Waals surface area contributed by atoms with Gasteiger partial charge >= 0.3 is 0 Å². The summed E-state index contributed by atoms with van der Waals surface area (Å²) in [6.07, 6.45) is 2.40. The minimum absolute atomic E-state index is 0.221. The Labute approximate surface area is 151 Å². The van der Waals surface area contributed by atoms with Crippen molar-refractivity contribution in [2.45, 2.75) is 20.3 Å². The summed E-state index contributed by atoms with van der Waals surface area (Å²) in [6, 6.07) is 13.1. The molecular formula is C20H19FN4O. The lowest BCUT2D eigenvalue weighted by atomic mass is 10.1. The smallest absolute Gasteiger partial charge is 0.274 e. The second-order valence-electron chi connectivity index (χ2n) is 5.81. The lowest BCUT2D eigenvalue weighted by Gasteiger charge is -2.13. The Bertz CT molecular complexity index is 925. The van der Waals surface area contributed by atoms with Gasteiger partial charge in [-0.3, -0.25) is 4.79 Å². The van der Waals surface area contributed by atoms with Gasteiger partial charge in [0.1, 0.15) is 11.5 Å². The third kappa shape index (κ3) is 4.03. The highest BCUT2D eigenvalue weighted by molar-refractivity contribution is 6.03. The maximum Gasteiger partial charge on any atom is 0.274 e. The molecule has 0 fully saturated rings. The van der Waals surface area contributed by atoms with Crippen LogP contribution in [0.1, 0.15) is 28.5 Å². The predicted molar refractivity (Wildman–Crippen MR) is 100 cm³/mol. The molecule has 0 spiro atoms. The summed E-state index contributed by atoms with van der Waals surface area (Å²) in [5.74, 6) is -0.398. The molecule has 2 N–H and O–H groups in total. The second-order valence-corrected chi connectivity index (χ2v) is 5.81. The fourth-order valence-corrected chi connectivity index (χ4v) is 2.59. The molecule has 1 heterocycles. The molecule has 1 aromatic heterocycles. The Kier molecular flexibility index (Phi) is 5.22. The van der Waals surface area contributed by atoms with Gasteiger partial charge in [0.25, 0.3) is 5.91 Å². The van der Waals surface area contributed by atoms with Gasteiger partial charge in [-0.1, -0.05) is 25.1 Å². The van der Waals surface area contributed by atoms with Gasteiger partial charge in [-0.05, 0) is 54.8 Å². The van der Waals surface area contributed by atoms with Crippen LogP contribution in [0.2, 0.25) is 0 Å². The lowest BCUT2D eigenvalue weighted by molar-refractivity contribution is 0.102. The van der Waals surface area contributed by atoms with Crippen molar-refractivity contribution < 1.29 is 9.18 Å². The first-order valence-electron chi connectivity index (χ1n) is 8.32. The van der Waals surface area contributed by atoms with Gasteiger partial charge in [0.2, 0.25) is 5.95 Å². The molecule has 3 rings (SSSR count). The van der Waals surface area contributed by atoms with Gasteiger partial charge < -0.3 is 10.6 Å². The number of nitrogens with zero attached hydrogens (tertiary/aromatic N) is 2. The SMILES string of the molecule is CCc1cccc(C)c1Nc1nccc(C(=O)Nc2ccc(F)cc2)n1. The fourth-order valence-electron chi connectivity index (χ4n) is 2.59. The Balaban J connectivity index is 1.80. The Morgan fingerprint density at radius 3 is 2.62 bits per heavy atom. The molecule has 0 saturated heterocycles. The lowest BCUT2D eigenvalue weighted by Crippen LogP contribution is -2.15. The molecule has 26 heavy (non-hydrogen) atoms. The number of amides is 1. The summed E-state index contributed by atoms with van der Waals surface area (Å²) in [6.45, 7) is 4.08. The van der Waals surface area contributed by atoms with Crippen molar-refractivity contribution in [3.8, 4) is 0 Å². The van der Waals surface area contributed by atoms with Crippen molar-refractivity contribution in [3.05, 3.63) is 77.4 Å². The van der Waals surface area contributed by atoms with Crippen LogP contribution >= 0.6 is 0 Å². The summed E-state index contributed by atoms with van der Waals surface area (Å²) >= 11 is 0. The highest BCUT2D eigenvalue weighted by Gasteiger charge is 2.11. The van der Waals surface area contributed by atoms with Gasteiger partial charge in [0, 0.05) is 17.6 Å². The zero-order chi connectivity index (χ0) is 18.5. The number of benzene rings is 2. The number of hydrogen-bond acceptors (Lipinski definition) is 4. The van der Waals surface area contributed by atoms with Gasteiger partial charge in [-0.15, -0.1) is 0 Å². The number of halogens is 1. The van der Waals surface area contributed by atoms with E-state index >= 15 is 0 Å². The van der Waals surface area contributed by atoms with Crippen LogP contribution in [0.5, 0.6) is 0 Å². The normalized spacial score (nSPS) is 10.4. The first-order valence-corrected chi connectivity index (χ1v) is 8.32. The van der Waals surface area contributed by atoms with Crippen molar-refractivity contribution in [1.29, 1.82) is 0 Å². The summed E-state index contributed by atoms with van der Waals surface area (Å²) in [5, 5.41) is 5.89. The van der Waals surface area contributed by atoms with Crippen molar-refractivity contribution in [3.63, 3.8) is 0 Å². The molecule has 0 atom stereocenters. The summed E-state index contributed by atoms with van der Waals surface area (Å²) in [4.78, 5) is 20.9. The van der Waals surface area contributed by atoms with Crippen LogP contribution in [-0.2, 0) is 6.42 Å². The number of aryl methyl sites for hydroxylation is 2. The average molecular weight is 350 g/mol. The molecule has 132 valence electrons. The van der Waals surface area contributed by atoms with E-state index in [9.17, 15) is 9.18 Å². The number of nitrogens with one attached hydrogen (secondary N) is 2. The number of aromatic nitrogens is 2. The molecule has 0 bridgehead atoms. The molecule has 6 heteroatoms. The molecular weight excluding hydrogens is 331 g/mol. The predicted octanol–water partition coefficient (Wildman–Crippen LogP) is 4.48. The maximum absolute atomic E-state index is 13.0. The number of para-hydroxylation sites is 1. The summed E-state index contributed by atoms with van der Waals surface area (Å²) < 4.78 is 13.0. The molecule has 0 unspecified atom stereocenters. The topological polar surface area (TPSA) is 66.9 Å². The Morgan fingerprint density at radius 1 is 1.12 bits per heavy atom. The monoisotopic (exact) mass is 350 g/mol. The Hall–Kier alpha value is -3.28. The van der Waals surface area contributed by atoms with E-state index in [-0.39, 0.29) is 17.4 Å². The van der Waals surface area contributed by atoms with Crippen molar-refractivity contribution in [2.75, 3.05) is 10.6 Å². The van der Waals surface area contributed by atoms with E-state index < -0.39 is 0 Å². The third-order valence-electron chi connectivity index (χ3n) is 3.97. The molecule has 3 aromatic rings. The van der Waals surface area contributed by atoms with Crippen LogP contribution in [0.25, 0.3) is 0 Å². The third-order valence-corrected chi connectivity index (χ3v) is 3.97. The average Bonchev–Trinajstić information content (AvgIpc) is 2.65. The van der Waals surface area contributed by atoms with Gasteiger partial charge in [0.15, 0.2) is 0 Å². The van der Waals surface area contributed by atoms with Crippen LogP contribution < -0.4 is 10.6 Å². The molecule has 0 aliphatic carbocycles. The minimum atomic E-state index is -0.387. The minimum Gasteiger partial charge on any atom is -0.324 e. The van der Waals surface area contributed by atoms with E-state index in [0.29, 0.717) is 11.6 Å². The second kappa shape index (κ2) is 7.74. The zero-order valence-electron chi connectivity index (χ0n) is 14.6. The van der Waals surface area contributed by atoms with Gasteiger partial charge in [-0.25, -0.2) is 14.4 Å². The molecule has 0 radical (unpaired) electrons. The van der Waals surface area contributed by atoms with E-state index in [1.165, 1.54) is 36.5 Å². The van der Waals surface area contributed by atoms with Crippen LogP contribution in [0.3, 0.4) is 0 Å². The Morgan fingerprint density at radius 2 is 1.88 bits per heavy atom. The zero-order valence-corrected chi connectivity index (χ0v) is 14.6. The van der Waals surface area contributed by atoms with Gasteiger partial charge in [0.05, 0.1) is 0 Å². The molecule has 5 nitrogen and oxygen atoms in total. The fraction of sp³-hybridized carbons (Fsp3) is 0.150. The molecule has 0 saturated carbocycles. The van der Waals surface area contributed by atoms with Crippen molar-refractivity contribution >= 4 is 23.2 Å². The van der Waals surface area contributed by atoms with E-state index in [0.717, 1.165) is 23.2 Å². The largest absolute Gasteiger partial charge is 0.324 e. The van der Waals surface area contributed by atoms with Crippen molar-refractivity contribution in [2.24, 2.45) is 0 Å². The number of carbonyl (C=O) groups is 1. The molecule has 2 aromatic carbocycles. The van der Waals surface area contributed by atoms with E-state index in [1.807, 2.05) is 25.1 Å². The quantitative estimate of drug-likeness (QED) is 0.712. The number of hydrogen-bond donors (Lipinski definition) is 2. The summed E-state index contributed by atoms with van der Waals surface area (Å²) in [7, 11) is 0. The first-order chi connectivity index (χ1) is 12.6. The standard InChI is InChI=1S/C20H19FN4O/c1-3-14-6-4-5-13(2)18(14)25-20-22-12-11-17(24-20)19(26)23-16-9-7-15(21)8-10-16/h4-12H,3H2,1-2H3,(H,23,26)(H,22,24,25). The van der Waals surface area contributed by atoms with Crippen LogP contribution in [0.4, 0.5) is 21.7 Å². The van der Waals surface area contributed by atoms with E-state index in [1.54, 1.807) is 0 Å².